The van der Waals surface area contributed by atoms with Crippen molar-refractivity contribution < 1.29 is 4.74 Å². The Bertz CT molecular complexity index is 143. The predicted octanol–water partition coefficient (Wildman–Crippen LogP) is 2.72. The number of hydrogen-bond acceptors (Lipinski definition) is 2. The van der Waals surface area contributed by atoms with Gasteiger partial charge in [0.2, 0.25) is 0 Å². The zero-order valence-electron chi connectivity index (χ0n) is 9.88. The minimum absolute atomic E-state index is 0.453. The van der Waals surface area contributed by atoms with E-state index in [0.29, 0.717) is 18.2 Å². The van der Waals surface area contributed by atoms with Gasteiger partial charge >= 0.3 is 0 Å². The van der Waals surface area contributed by atoms with Crippen molar-refractivity contribution in [1.82, 2.24) is 5.32 Å². The van der Waals surface area contributed by atoms with Gasteiger partial charge < -0.3 is 10.1 Å². The second-order valence-corrected chi connectivity index (χ2v) is 4.75. The van der Waals surface area contributed by atoms with Gasteiger partial charge in [-0.05, 0) is 45.6 Å². The summed E-state index contributed by atoms with van der Waals surface area (Å²) < 4.78 is 5.87. The molecule has 1 atom stereocenters. The average molecular weight is 199 g/mol. The third kappa shape index (κ3) is 4.97. The molecule has 1 N–H and O–H groups in total. The van der Waals surface area contributed by atoms with E-state index in [0.717, 1.165) is 6.54 Å². The van der Waals surface area contributed by atoms with E-state index in [1.54, 1.807) is 0 Å². The maximum absolute atomic E-state index is 5.87. The second-order valence-electron chi connectivity index (χ2n) is 4.75. The molecule has 14 heavy (non-hydrogen) atoms. The van der Waals surface area contributed by atoms with E-state index >= 15 is 0 Å². The maximum Gasteiger partial charge on any atom is 0.0578 e. The average Bonchev–Trinajstić information content (AvgIpc) is 2.05. The van der Waals surface area contributed by atoms with Gasteiger partial charge in [-0.2, -0.15) is 0 Å². The summed E-state index contributed by atoms with van der Waals surface area (Å²) in [5, 5.41) is 3.43. The van der Waals surface area contributed by atoms with E-state index in [9.17, 15) is 0 Å². The van der Waals surface area contributed by atoms with Gasteiger partial charge in [-0.1, -0.05) is 13.8 Å². The molecule has 2 heteroatoms. The molecule has 0 bridgehead atoms. The Hall–Kier alpha value is -0.0800. The Morgan fingerprint density at radius 3 is 2.50 bits per heavy atom. The van der Waals surface area contributed by atoms with Crippen LogP contribution >= 0.6 is 0 Å². The fourth-order valence-electron chi connectivity index (χ4n) is 1.68. The molecule has 1 unspecified atom stereocenters. The molecule has 0 heterocycles. The number of rotatable bonds is 7. The van der Waals surface area contributed by atoms with Crippen LogP contribution in [0.25, 0.3) is 0 Å². The van der Waals surface area contributed by atoms with Gasteiger partial charge in [-0.3, -0.25) is 0 Å². The quantitative estimate of drug-likeness (QED) is 0.637. The van der Waals surface area contributed by atoms with Crippen LogP contribution in [0.5, 0.6) is 0 Å². The summed E-state index contributed by atoms with van der Waals surface area (Å²) in [5.74, 6) is 0. The van der Waals surface area contributed by atoms with Gasteiger partial charge in [-0.15, -0.1) is 0 Å². The largest absolute Gasteiger partial charge is 0.375 e. The smallest absolute Gasteiger partial charge is 0.0578 e. The summed E-state index contributed by atoms with van der Waals surface area (Å²) in [6, 6.07) is 0.609. The summed E-state index contributed by atoms with van der Waals surface area (Å²) in [6.45, 7) is 7.70. The van der Waals surface area contributed by atoms with Gasteiger partial charge in [0, 0.05) is 6.04 Å². The molecule has 0 aromatic carbocycles. The van der Waals surface area contributed by atoms with Crippen molar-refractivity contribution in [1.29, 1.82) is 0 Å². The van der Waals surface area contributed by atoms with E-state index < -0.39 is 0 Å². The van der Waals surface area contributed by atoms with E-state index in [1.807, 2.05) is 0 Å². The number of nitrogens with one attached hydrogen (secondary N) is 1. The molecule has 1 saturated carbocycles. The highest BCUT2D eigenvalue weighted by Crippen LogP contribution is 2.24. The van der Waals surface area contributed by atoms with Crippen LogP contribution < -0.4 is 5.32 Å². The van der Waals surface area contributed by atoms with Crippen LogP contribution in [0.15, 0.2) is 0 Å². The van der Waals surface area contributed by atoms with E-state index in [-0.39, 0.29) is 0 Å². The first-order chi connectivity index (χ1) is 6.68. The molecule has 0 aliphatic heterocycles. The van der Waals surface area contributed by atoms with Crippen LogP contribution in [0.2, 0.25) is 0 Å². The molecule has 1 rings (SSSR count). The highest BCUT2D eigenvalue weighted by atomic mass is 16.5. The first-order valence-electron chi connectivity index (χ1n) is 6.07. The summed E-state index contributed by atoms with van der Waals surface area (Å²) in [7, 11) is 0. The topological polar surface area (TPSA) is 21.3 Å². The first kappa shape index (κ1) is 12.0. The number of ether oxygens (including phenoxy) is 1. The molecule has 0 aromatic rings. The minimum Gasteiger partial charge on any atom is -0.375 e. The summed E-state index contributed by atoms with van der Waals surface area (Å²) in [6.07, 6.45) is 7.40. The molecule has 0 radical (unpaired) electrons. The van der Waals surface area contributed by atoms with E-state index in [4.69, 9.17) is 4.74 Å². The summed E-state index contributed by atoms with van der Waals surface area (Å²) >= 11 is 0. The molecule has 2 nitrogen and oxygen atoms in total. The fourth-order valence-corrected chi connectivity index (χ4v) is 1.68. The second kappa shape index (κ2) is 6.41. The standard InChI is InChI=1S/C12H25NO/c1-10(2)13-9-5-6-11(3)14-12-7-4-8-12/h10-13H,4-9H2,1-3H3. The monoisotopic (exact) mass is 199 g/mol. The lowest BCUT2D eigenvalue weighted by Gasteiger charge is -2.29. The van der Waals surface area contributed by atoms with Crippen LogP contribution in [0.1, 0.15) is 52.9 Å². The molecule has 1 fully saturated rings. The van der Waals surface area contributed by atoms with Crippen molar-refractivity contribution >= 4 is 0 Å². The molecule has 0 spiro atoms. The van der Waals surface area contributed by atoms with Crippen LogP contribution in [0, 0.1) is 0 Å². The van der Waals surface area contributed by atoms with Crippen molar-refractivity contribution in [2.24, 2.45) is 0 Å². The molecule has 0 amide bonds. The van der Waals surface area contributed by atoms with Gasteiger partial charge in [-0.25, -0.2) is 0 Å². The van der Waals surface area contributed by atoms with Crippen molar-refractivity contribution in [3.8, 4) is 0 Å². The van der Waals surface area contributed by atoms with Gasteiger partial charge in [0.05, 0.1) is 12.2 Å². The molecule has 0 saturated heterocycles. The molecule has 84 valence electrons. The van der Waals surface area contributed by atoms with Crippen molar-refractivity contribution in [2.75, 3.05) is 6.54 Å². The lowest BCUT2D eigenvalue weighted by molar-refractivity contribution is -0.0464. The van der Waals surface area contributed by atoms with Gasteiger partial charge in [0.25, 0.3) is 0 Å². The normalized spacial score (nSPS) is 19.7. The van der Waals surface area contributed by atoms with Crippen molar-refractivity contribution in [2.45, 2.75) is 71.1 Å². The van der Waals surface area contributed by atoms with Crippen molar-refractivity contribution in [3.63, 3.8) is 0 Å². The highest BCUT2D eigenvalue weighted by molar-refractivity contribution is 4.70. The van der Waals surface area contributed by atoms with Gasteiger partial charge in [0.15, 0.2) is 0 Å². The Kier molecular flexibility index (Phi) is 5.49. The van der Waals surface area contributed by atoms with E-state index in [2.05, 4.69) is 26.1 Å². The third-order valence-corrected chi connectivity index (χ3v) is 2.82. The fraction of sp³-hybridized carbons (Fsp3) is 1.00. The molecule has 1 aliphatic carbocycles. The first-order valence-corrected chi connectivity index (χ1v) is 6.07. The zero-order chi connectivity index (χ0) is 10.4. The zero-order valence-corrected chi connectivity index (χ0v) is 9.88. The van der Waals surface area contributed by atoms with Crippen LogP contribution in [0.3, 0.4) is 0 Å². The summed E-state index contributed by atoms with van der Waals surface area (Å²) in [5.41, 5.74) is 0. The third-order valence-electron chi connectivity index (χ3n) is 2.82. The SMILES string of the molecule is CC(C)NCCCC(C)OC1CCC1. The van der Waals surface area contributed by atoms with E-state index in [1.165, 1.54) is 32.1 Å². The lowest BCUT2D eigenvalue weighted by Crippen LogP contribution is -2.28. The Balaban J connectivity index is 1.89. The van der Waals surface area contributed by atoms with Gasteiger partial charge in [0.1, 0.15) is 0 Å². The van der Waals surface area contributed by atoms with Crippen molar-refractivity contribution in [3.05, 3.63) is 0 Å². The molecular weight excluding hydrogens is 174 g/mol. The Morgan fingerprint density at radius 1 is 1.29 bits per heavy atom. The summed E-state index contributed by atoms with van der Waals surface area (Å²) in [4.78, 5) is 0. The molecule has 1 aliphatic rings. The maximum atomic E-state index is 5.87. The Morgan fingerprint density at radius 2 is 2.00 bits per heavy atom. The highest BCUT2D eigenvalue weighted by Gasteiger charge is 2.19. The van der Waals surface area contributed by atoms with Crippen LogP contribution in [-0.4, -0.2) is 24.8 Å². The Labute approximate surface area is 88.4 Å². The minimum atomic E-state index is 0.453. The van der Waals surface area contributed by atoms with Crippen LogP contribution in [-0.2, 0) is 4.74 Å². The predicted molar refractivity (Wildman–Crippen MR) is 60.6 cm³/mol. The number of hydrogen-bond donors (Lipinski definition) is 1. The lowest BCUT2D eigenvalue weighted by atomic mass is 9.96. The molecular formula is C12H25NO. The van der Waals surface area contributed by atoms with Crippen LogP contribution in [0.4, 0.5) is 0 Å². The molecule has 0 aromatic heterocycles.